The number of benzene rings is 2. The molecule has 1 aliphatic rings. The second-order valence-electron chi connectivity index (χ2n) is 6.42. The van der Waals surface area contributed by atoms with E-state index in [1.54, 1.807) is 36.4 Å². The molecule has 2 aromatic carbocycles. The predicted octanol–water partition coefficient (Wildman–Crippen LogP) is 3.25. The van der Waals surface area contributed by atoms with Crippen LogP contribution >= 0.6 is 11.6 Å². The van der Waals surface area contributed by atoms with E-state index in [9.17, 15) is 19.5 Å². The number of amides is 1. The highest BCUT2D eigenvalue weighted by Crippen LogP contribution is 2.39. The molecular weight excluding hydrogens is 398 g/mol. The van der Waals surface area contributed by atoms with Gasteiger partial charge in [0.1, 0.15) is 11.5 Å². The van der Waals surface area contributed by atoms with Crippen LogP contribution in [0.1, 0.15) is 23.6 Å². The van der Waals surface area contributed by atoms with E-state index in [0.717, 1.165) is 0 Å². The van der Waals surface area contributed by atoms with Crippen molar-refractivity contribution in [3.8, 4) is 5.75 Å². The Morgan fingerprint density at radius 2 is 1.69 bits per heavy atom. The van der Waals surface area contributed by atoms with Gasteiger partial charge in [-0.1, -0.05) is 23.7 Å². The normalized spacial score (nSPS) is 18.1. The van der Waals surface area contributed by atoms with Gasteiger partial charge < -0.3 is 19.8 Å². The minimum absolute atomic E-state index is 0.104. The molecule has 8 heteroatoms. The van der Waals surface area contributed by atoms with Crippen molar-refractivity contribution >= 4 is 35.0 Å². The summed E-state index contributed by atoms with van der Waals surface area (Å²) in [5, 5.41) is 20.3. The average Bonchev–Trinajstić information content (AvgIpc) is 2.97. The first-order chi connectivity index (χ1) is 13.8. The molecule has 3 rings (SSSR count). The van der Waals surface area contributed by atoms with Crippen molar-refractivity contribution in [2.24, 2.45) is 0 Å². The lowest BCUT2D eigenvalue weighted by molar-refractivity contribution is -0.142. The standard InChI is InChI=1S/C21H18ClNO6/c1-29-15-8-4-12(5-9-15)18-17(19(26)13-2-6-14(22)7-3-13)20(27)21(28)23(18)11-10-16(24)25/h2-9,18,26H,10-11H2,1H3,(H,24,25)/b19-17+/t18-/m0/s1. The minimum atomic E-state index is -1.10. The SMILES string of the molecule is COc1ccc([C@H]2/C(=C(\O)c3ccc(Cl)cc3)C(=O)C(=O)N2CCC(=O)O)cc1. The monoisotopic (exact) mass is 415 g/mol. The number of likely N-dealkylation sites (tertiary alicyclic amines) is 1. The summed E-state index contributed by atoms with van der Waals surface area (Å²) < 4.78 is 5.14. The van der Waals surface area contributed by atoms with Gasteiger partial charge in [0.05, 0.1) is 25.1 Å². The number of rotatable bonds is 6. The average molecular weight is 416 g/mol. The summed E-state index contributed by atoms with van der Waals surface area (Å²) in [6, 6.07) is 11.9. The number of ether oxygens (including phenoxy) is 1. The maximum atomic E-state index is 12.7. The van der Waals surface area contributed by atoms with Gasteiger partial charge in [-0.25, -0.2) is 0 Å². The summed E-state index contributed by atoms with van der Waals surface area (Å²) in [5.41, 5.74) is 0.767. The molecule has 1 fully saturated rings. The van der Waals surface area contributed by atoms with E-state index in [2.05, 4.69) is 0 Å². The molecule has 0 bridgehead atoms. The Kier molecular flexibility index (Phi) is 5.89. The van der Waals surface area contributed by atoms with Crippen molar-refractivity contribution in [3.63, 3.8) is 0 Å². The number of carbonyl (C=O) groups excluding carboxylic acids is 2. The molecule has 29 heavy (non-hydrogen) atoms. The van der Waals surface area contributed by atoms with Gasteiger partial charge in [-0.05, 0) is 42.0 Å². The maximum Gasteiger partial charge on any atom is 0.305 e. The van der Waals surface area contributed by atoms with Crippen LogP contribution in [-0.2, 0) is 14.4 Å². The van der Waals surface area contributed by atoms with Crippen LogP contribution in [0.25, 0.3) is 5.76 Å². The number of nitrogens with zero attached hydrogens (tertiary/aromatic N) is 1. The van der Waals surface area contributed by atoms with Crippen molar-refractivity contribution < 1.29 is 29.3 Å². The molecule has 0 radical (unpaired) electrons. The summed E-state index contributed by atoms with van der Waals surface area (Å²) in [4.78, 5) is 37.6. The van der Waals surface area contributed by atoms with Gasteiger partial charge in [-0.2, -0.15) is 0 Å². The number of hydrogen-bond donors (Lipinski definition) is 2. The Balaban J connectivity index is 2.13. The minimum Gasteiger partial charge on any atom is -0.507 e. The van der Waals surface area contributed by atoms with Crippen LogP contribution in [0, 0.1) is 0 Å². The Morgan fingerprint density at radius 3 is 2.24 bits per heavy atom. The third kappa shape index (κ3) is 4.09. The van der Waals surface area contributed by atoms with Crippen molar-refractivity contribution in [1.82, 2.24) is 4.90 Å². The molecule has 1 amide bonds. The highest BCUT2D eigenvalue weighted by Gasteiger charge is 2.46. The lowest BCUT2D eigenvalue weighted by Crippen LogP contribution is -2.31. The summed E-state index contributed by atoms with van der Waals surface area (Å²) in [7, 11) is 1.51. The zero-order valence-corrected chi connectivity index (χ0v) is 16.2. The highest BCUT2D eigenvalue weighted by molar-refractivity contribution is 6.46. The van der Waals surface area contributed by atoms with Gasteiger partial charge in [0.15, 0.2) is 0 Å². The van der Waals surface area contributed by atoms with Crippen molar-refractivity contribution in [3.05, 3.63) is 70.3 Å². The van der Waals surface area contributed by atoms with Crippen LogP contribution < -0.4 is 4.74 Å². The molecule has 0 aliphatic carbocycles. The number of ketones is 1. The molecular formula is C21H18ClNO6. The predicted molar refractivity (Wildman–Crippen MR) is 106 cm³/mol. The molecule has 2 aromatic rings. The first-order valence-electron chi connectivity index (χ1n) is 8.73. The van der Waals surface area contributed by atoms with Gasteiger partial charge >= 0.3 is 5.97 Å². The molecule has 1 heterocycles. The maximum absolute atomic E-state index is 12.7. The zero-order chi connectivity index (χ0) is 21.1. The molecule has 1 aliphatic heterocycles. The summed E-state index contributed by atoms with van der Waals surface area (Å²) in [6.45, 7) is -0.173. The van der Waals surface area contributed by atoms with E-state index < -0.39 is 23.7 Å². The van der Waals surface area contributed by atoms with Gasteiger partial charge in [0, 0.05) is 17.1 Å². The first kappa shape index (κ1) is 20.4. The fourth-order valence-electron chi connectivity index (χ4n) is 3.22. The fraction of sp³-hybridized carbons (Fsp3) is 0.190. The molecule has 0 aromatic heterocycles. The number of halogens is 1. The van der Waals surface area contributed by atoms with E-state index in [1.165, 1.54) is 24.1 Å². The van der Waals surface area contributed by atoms with Crippen LogP contribution in [0.4, 0.5) is 0 Å². The quantitative estimate of drug-likeness (QED) is 0.426. The van der Waals surface area contributed by atoms with Crippen molar-refractivity contribution in [2.45, 2.75) is 12.5 Å². The zero-order valence-electron chi connectivity index (χ0n) is 15.5. The smallest absolute Gasteiger partial charge is 0.305 e. The van der Waals surface area contributed by atoms with E-state index in [1.807, 2.05) is 0 Å². The summed E-state index contributed by atoms with van der Waals surface area (Å²) >= 11 is 5.88. The number of carbonyl (C=O) groups is 3. The molecule has 0 spiro atoms. The lowest BCUT2D eigenvalue weighted by atomic mass is 9.95. The molecule has 0 unspecified atom stereocenters. The Morgan fingerprint density at radius 1 is 1.07 bits per heavy atom. The van der Waals surface area contributed by atoms with E-state index in [4.69, 9.17) is 21.4 Å². The third-order valence-corrected chi connectivity index (χ3v) is 4.91. The van der Waals surface area contributed by atoms with Crippen LogP contribution in [0.2, 0.25) is 5.02 Å². The van der Waals surface area contributed by atoms with Crippen molar-refractivity contribution in [2.75, 3.05) is 13.7 Å². The van der Waals surface area contributed by atoms with Gasteiger partial charge in [-0.15, -0.1) is 0 Å². The van der Waals surface area contributed by atoms with Crippen LogP contribution in [0.5, 0.6) is 5.75 Å². The number of hydrogen-bond acceptors (Lipinski definition) is 5. The Hall–Kier alpha value is -3.32. The first-order valence-corrected chi connectivity index (χ1v) is 9.11. The van der Waals surface area contributed by atoms with Gasteiger partial charge in [-0.3, -0.25) is 14.4 Å². The molecule has 1 atom stereocenters. The van der Waals surface area contributed by atoms with Crippen molar-refractivity contribution in [1.29, 1.82) is 0 Å². The number of carboxylic acid groups (broad SMARTS) is 1. The summed E-state index contributed by atoms with van der Waals surface area (Å²) in [5.74, 6) is -2.60. The molecule has 7 nitrogen and oxygen atoms in total. The van der Waals surface area contributed by atoms with Gasteiger partial charge in [0.25, 0.3) is 11.7 Å². The fourth-order valence-corrected chi connectivity index (χ4v) is 3.35. The Labute approximate surface area is 171 Å². The number of aliphatic hydroxyl groups excluding tert-OH is 1. The number of Topliss-reactive ketones (excluding diaryl/α,β-unsaturated/α-hetero) is 1. The van der Waals surface area contributed by atoms with Crippen LogP contribution in [-0.4, -0.2) is 46.4 Å². The van der Waals surface area contributed by atoms with Crippen LogP contribution in [0.15, 0.2) is 54.1 Å². The summed E-state index contributed by atoms with van der Waals surface area (Å²) in [6.07, 6.45) is -0.333. The lowest BCUT2D eigenvalue weighted by Gasteiger charge is -2.25. The molecule has 1 saturated heterocycles. The second-order valence-corrected chi connectivity index (χ2v) is 6.85. The van der Waals surface area contributed by atoms with E-state index in [-0.39, 0.29) is 24.3 Å². The largest absolute Gasteiger partial charge is 0.507 e. The molecule has 2 N–H and O–H groups in total. The third-order valence-electron chi connectivity index (χ3n) is 4.66. The number of carboxylic acids is 1. The number of methoxy groups -OCH3 is 1. The number of aliphatic carboxylic acids is 1. The van der Waals surface area contributed by atoms with Gasteiger partial charge in [0.2, 0.25) is 0 Å². The highest BCUT2D eigenvalue weighted by atomic mass is 35.5. The van der Waals surface area contributed by atoms with Crippen LogP contribution in [0.3, 0.4) is 0 Å². The second kappa shape index (κ2) is 8.36. The topological polar surface area (TPSA) is 104 Å². The number of aliphatic hydroxyl groups is 1. The van der Waals surface area contributed by atoms with E-state index >= 15 is 0 Å². The van der Waals surface area contributed by atoms with E-state index in [0.29, 0.717) is 21.9 Å². The molecule has 150 valence electrons. The Bertz CT molecular complexity index is 981. The molecule has 0 saturated carbocycles.